The molecule has 1 aliphatic heterocycles. The van der Waals surface area contributed by atoms with Gasteiger partial charge in [-0.15, -0.1) is 0 Å². The second-order valence-corrected chi connectivity index (χ2v) is 1.62. The Morgan fingerprint density at radius 1 is 1.78 bits per heavy atom. The van der Waals surface area contributed by atoms with Crippen molar-refractivity contribution in [2.75, 3.05) is 13.7 Å². The highest BCUT2D eigenvalue weighted by molar-refractivity contribution is 6.67. The minimum Gasteiger partial charge on any atom is -0.454 e. The maximum atomic E-state index is 10.4. The van der Waals surface area contributed by atoms with Gasteiger partial charge in [-0.1, -0.05) is 0 Å². The molecule has 1 N–H and O–H groups in total. The molecule has 0 radical (unpaired) electrons. The van der Waals surface area contributed by atoms with Gasteiger partial charge in [0.2, 0.25) is 0 Å². The molecular formula is C5H6N2O2. The molecule has 9 heavy (non-hydrogen) atoms. The summed E-state index contributed by atoms with van der Waals surface area (Å²) >= 11 is 0. The molecule has 1 rings (SSSR count). The highest BCUT2D eigenvalue weighted by Crippen LogP contribution is 1.96. The zero-order valence-electron chi connectivity index (χ0n) is 4.97. The highest BCUT2D eigenvalue weighted by atomic mass is 16.5. The van der Waals surface area contributed by atoms with Crippen molar-refractivity contribution in [1.82, 2.24) is 0 Å². The lowest BCUT2D eigenvalue weighted by Crippen LogP contribution is -2.12. The third kappa shape index (κ3) is 0.826. The summed E-state index contributed by atoms with van der Waals surface area (Å²) in [5.41, 5.74) is 0.317. The summed E-state index contributed by atoms with van der Waals surface area (Å²) < 4.78 is 4.47. The standard InChI is InChI=1S/C5H6N2O2/c1-7-3-2-9-5(8)4(3)6/h6H,2H2,1H3. The smallest absolute Gasteiger partial charge is 0.358 e. The zero-order chi connectivity index (χ0) is 6.85. The minimum absolute atomic E-state index is 0.113. The fourth-order valence-corrected chi connectivity index (χ4v) is 0.572. The van der Waals surface area contributed by atoms with Crippen molar-refractivity contribution in [3.05, 3.63) is 0 Å². The number of carbonyl (C=O) groups is 1. The first kappa shape index (κ1) is 5.94. The molecule has 0 bridgehead atoms. The van der Waals surface area contributed by atoms with Crippen LogP contribution in [0.4, 0.5) is 0 Å². The number of hydrogen-bond donors (Lipinski definition) is 1. The van der Waals surface area contributed by atoms with E-state index in [2.05, 4.69) is 9.73 Å². The number of carbonyl (C=O) groups excluding carboxylic acids is 1. The molecule has 0 aliphatic carbocycles. The molecule has 0 saturated carbocycles. The van der Waals surface area contributed by atoms with Gasteiger partial charge in [-0.3, -0.25) is 10.4 Å². The third-order valence-corrected chi connectivity index (χ3v) is 1.10. The molecule has 1 saturated heterocycles. The Hall–Kier alpha value is -1.19. The second kappa shape index (κ2) is 1.97. The lowest BCUT2D eigenvalue weighted by molar-refractivity contribution is -0.132. The summed E-state index contributed by atoms with van der Waals surface area (Å²) in [5.74, 6) is -0.574. The van der Waals surface area contributed by atoms with Gasteiger partial charge in [0.05, 0.1) is 0 Å². The van der Waals surface area contributed by atoms with Gasteiger partial charge in [0, 0.05) is 7.05 Å². The Balaban J connectivity index is 2.86. The largest absolute Gasteiger partial charge is 0.454 e. The molecule has 1 fully saturated rings. The van der Waals surface area contributed by atoms with Gasteiger partial charge in [0.15, 0.2) is 5.71 Å². The molecular weight excluding hydrogens is 120 g/mol. The molecule has 0 unspecified atom stereocenters. The molecule has 4 nitrogen and oxygen atoms in total. The number of ether oxygens (including phenoxy) is 1. The van der Waals surface area contributed by atoms with E-state index in [1.165, 1.54) is 7.05 Å². The monoisotopic (exact) mass is 126 g/mol. The van der Waals surface area contributed by atoms with Gasteiger partial charge in [-0.2, -0.15) is 0 Å². The average Bonchev–Trinajstić information content (AvgIpc) is 2.15. The number of nitrogens with zero attached hydrogens (tertiary/aromatic N) is 1. The van der Waals surface area contributed by atoms with E-state index in [-0.39, 0.29) is 12.3 Å². The van der Waals surface area contributed by atoms with E-state index in [0.29, 0.717) is 5.71 Å². The Labute approximate surface area is 52.0 Å². The van der Waals surface area contributed by atoms with E-state index >= 15 is 0 Å². The van der Waals surface area contributed by atoms with E-state index in [4.69, 9.17) is 5.41 Å². The number of hydrogen-bond acceptors (Lipinski definition) is 4. The Morgan fingerprint density at radius 2 is 2.44 bits per heavy atom. The van der Waals surface area contributed by atoms with Crippen molar-refractivity contribution in [3.8, 4) is 0 Å². The van der Waals surface area contributed by atoms with Crippen LogP contribution in [0.3, 0.4) is 0 Å². The first-order valence-corrected chi connectivity index (χ1v) is 2.47. The van der Waals surface area contributed by atoms with Crippen LogP contribution in [-0.4, -0.2) is 31.0 Å². The van der Waals surface area contributed by atoms with Crippen LogP contribution >= 0.6 is 0 Å². The summed E-state index contributed by atoms with van der Waals surface area (Å²) in [6.45, 7) is 0.161. The molecule has 48 valence electrons. The van der Waals surface area contributed by atoms with Gasteiger partial charge in [0.25, 0.3) is 0 Å². The number of nitrogens with one attached hydrogen (secondary N) is 1. The second-order valence-electron chi connectivity index (χ2n) is 1.62. The third-order valence-electron chi connectivity index (χ3n) is 1.10. The lowest BCUT2D eigenvalue weighted by Gasteiger charge is -1.82. The van der Waals surface area contributed by atoms with Gasteiger partial charge >= 0.3 is 5.97 Å². The van der Waals surface area contributed by atoms with E-state index in [0.717, 1.165) is 0 Å². The fraction of sp³-hybridized carbons (Fsp3) is 0.400. The molecule has 0 aromatic carbocycles. The molecule has 1 aliphatic rings. The minimum atomic E-state index is -0.574. The van der Waals surface area contributed by atoms with Crippen LogP contribution in [0, 0.1) is 5.41 Å². The van der Waals surface area contributed by atoms with Crippen LogP contribution in [0.5, 0.6) is 0 Å². The van der Waals surface area contributed by atoms with E-state index in [9.17, 15) is 4.79 Å². The van der Waals surface area contributed by atoms with Crippen molar-refractivity contribution in [2.45, 2.75) is 0 Å². The van der Waals surface area contributed by atoms with Crippen molar-refractivity contribution >= 4 is 17.4 Å². The van der Waals surface area contributed by atoms with Crippen LogP contribution < -0.4 is 0 Å². The quantitative estimate of drug-likeness (QED) is 0.450. The molecule has 4 heteroatoms. The Kier molecular flexibility index (Phi) is 1.30. The predicted molar refractivity (Wildman–Crippen MR) is 32.0 cm³/mol. The van der Waals surface area contributed by atoms with Gasteiger partial charge in [0.1, 0.15) is 12.3 Å². The number of rotatable bonds is 0. The van der Waals surface area contributed by atoms with Gasteiger partial charge < -0.3 is 4.74 Å². The molecule has 0 aromatic rings. The lowest BCUT2D eigenvalue weighted by atomic mass is 10.3. The predicted octanol–water partition coefficient (Wildman–Crippen LogP) is -0.366. The van der Waals surface area contributed by atoms with Crippen molar-refractivity contribution in [3.63, 3.8) is 0 Å². The molecule has 0 aromatic heterocycles. The van der Waals surface area contributed by atoms with Crippen LogP contribution in [0.2, 0.25) is 0 Å². The summed E-state index contributed by atoms with van der Waals surface area (Å²) in [7, 11) is 1.53. The van der Waals surface area contributed by atoms with Crippen molar-refractivity contribution in [2.24, 2.45) is 4.99 Å². The first-order valence-electron chi connectivity index (χ1n) is 2.47. The fourth-order valence-electron chi connectivity index (χ4n) is 0.572. The molecule has 0 spiro atoms. The van der Waals surface area contributed by atoms with E-state index in [1.807, 2.05) is 0 Å². The maximum Gasteiger partial charge on any atom is 0.358 e. The van der Waals surface area contributed by atoms with Crippen LogP contribution in [0.25, 0.3) is 0 Å². The molecule has 0 atom stereocenters. The van der Waals surface area contributed by atoms with E-state index < -0.39 is 5.97 Å². The summed E-state index contributed by atoms with van der Waals surface area (Å²) in [6, 6.07) is 0. The normalized spacial score (nSPS) is 23.0. The topological polar surface area (TPSA) is 62.5 Å². The molecule has 0 amide bonds. The maximum absolute atomic E-state index is 10.4. The Morgan fingerprint density at radius 3 is 2.67 bits per heavy atom. The van der Waals surface area contributed by atoms with Crippen molar-refractivity contribution < 1.29 is 9.53 Å². The zero-order valence-corrected chi connectivity index (χ0v) is 4.97. The van der Waals surface area contributed by atoms with E-state index in [1.54, 1.807) is 0 Å². The van der Waals surface area contributed by atoms with Crippen LogP contribution in [0.1, 0.15) is 0 Å². The first-order chi connectivity index (χ1) is 4.25. The average molecular weight is 126 g/mol. The molecule has 1 heterocycles. The van der Waals surface area contributed by atoms with Crippen molar-refractivity contribution in [1.29, 1.82) is 5.41 Å². The van der Waals surface area contributed by atoms with Crippen LogP contribution in [0.15, 0.2) is 4.99 Å². The number of esters is 1. The number of cyclic esters (lactones) is 1. The summed E-state index contributed by atoms with van der Waals surface area (Å²) in [6.07, 6.45) is 0. The highest BCUT2D eigenvalue weighted by Gasteiger charge is 2.25. The summed E-state index contributed by atoms with van der Waals surface area (Å²) in [5, 5.41) is 7.01. The SMILES string of the molecule is CN=C1COC(=O)C1=N. The Bertz CT molecular complexity index is 195. The number of aliphatic imine (C=N–C) groups is 1. The van der Waals surface area contributed by atoms with Gasteiger partial charge in [-0.25, -0.2) is 4.79 Å². The van der Waals surface area contributed by atoms with Crippen LogP contribution in [-0.2, 0) is 9.53 Å². The van der Waals surface area contributed by atoms with Gasteiger partial charge in [-0.05, 0) is 0 Å². The summed E-state index contributed by atoms with van der Waals surface area (Å²) in [4.78, 5) is 14.1.